The van der Waals surface area contributed by atoms with Crippen molar-refractivity contribution in [3.8, 4) is 0 Å². The molecule has 0 bridgehead atoms. The van der Waals surface area contributed by atoms with E-state index in [1.165, 1.54) is 12.8 Å². The second kappa shape index (κ2) is 2.73. The molecule has 2 N–H and O–H groups in total. The molecule has 0 aromatic carbocycles. The molecule has 0 radical (unpaired) electrons. The van der Waals surface area contributed by atoms with Crippen LogP contribution >= 0.6 is 0 Å². The van der Waals surface area contributed by atoms with Gasteiger partial charge >= 0.3 is 0 Å². The first-order chi connectivity index (χ1) is 5.29. The second-order valence-electron chi connectivity index (χ2n) is 5.73. The van der Waals surface area contributed by atoms with Gasteiger partial charge < -0.3 is 5.73 Å². The summed E-state index contributed by atoms with van der Waals surface area (Å²) in [5.74, 6) is 0.761. The molecule has 0 aromatic heterocycles. The molecule has 1 nitrogen and oxygen atoms in total. The first kappa shape index (κ1) is 10.0. The van der Waals surface area contributed by atoms with Gasteiger partial charge in [-0.3, -0.25) is 0 Å². The van der Waals surface area contributed by atoms with Crippen LogP contribution in [0.25, 0.3) is 0 Å². The Hall–Kier alpha value is -0.0400. The van der Waals surface area contributed by atoms with E-state index in [1.54, 1.807) is 0 Å². The molecule has 0 spiro atoms. The van der Waals surface area contributed by atoms with Gasteiger partial charge in [0.1, 0.15) is 0 Å². The van der Waals surface area contributed by atoms with Gasteiger partial charge in [0.15, 0.2) is 0 Å². The molecule has 1 aliphatic rings. The fourth-order valence-corrected chi connectivity index (χ4v) is 2.83. The van der Waals surface area contributed by atoms with Crippen LogP contribution < -0.4 is 5.73 Å². The average Bonchev–Trinajstić information content (AvgIpc) is 1.76. The van der Waals surface area contributed by atoms with E-state index in [0.717, 1.165) is 5.92 Å². The summed E-state index contributed by atoms with van der Waals surface area (Å²) in [6.07, 6.45) is 2.43. The maximum absolute atomic E-state index is 5.89. The van der Waals surface area contributed by atoms with E-state index in [0.29, 0.717) is 16.9 Å². The highest BCUT2D eigenvalue weighted by Crippen LogP contribution is 2.57. The van der Waals surface area contributed by atoms with Crippen molar-refractivity contribution in [1.29, 1.82) is 0 Å². The van der Waals surface area contributed by atoms with Gasteiger partial charge in [-0.25, -0.2) is 0 Å². The van der Waals surface area contributed by atoms with Crippen LogP contribution in [0.15, 0.2) is 0 Å². The molecule has 1 heteroatoms. The molecule has 0 atom stereocenters. The summed E-state index contributed by atoms with van der Waals surface area (Å²) >= 11 is 0. The summed E-state index contributed by atoms with van der Waals surface area (Å²) in [6.45, 7) is 11.7. The Kier molecular flexibility index (Phi) is 2.28. The van der Waals surface area contributed by atoms with Gasteiger partial charge in [0.05, 0.1) is 0 Å². The Bertz CT molecular complexity index is 158. The van der Waals surface area contributed by atoms with Gasteiger partial charge in [0.2, 0.25) is 0 Å². The van der Waals surface area contributed by atoms with Crippen LogP contribution in [0, 0.1) is 16.7 Å². The molecular formula is C11H23N. The fraction of sp³-hybridized carbons (Fsp3) is 1.00. The number of hydrogen-bond acceptors (Lipinski definition) is 1. The molecule has 0 aromatic rings. The Balaban J connectivity index is 2.77. The Morgan fingerprint density at radius 2 is 1.67 bits per heavy atom. The minimum atomic E-state index is 0.414. The zero-order valence-corrected chi connectivity index (χ0v) is 9.15. The summed E-state index contributed by atoms with van der Waals surface area (Å²) < 4.78 is 0. The molecule has 1 fully saturated rings. The molecule has 1 aliphatic carbocycles. The molecule has 0 aliphatic heterocycles. The molecule has 72 valence electrons. The van der Waals surface area contributed by atoms with Crippen LogP contribution in [-0.2, 0) is 0 Å². The van der Waals surface area contributed by atoms with E-state index < -0.39 is 0 Å². The second-order valence-corrected chi connectivity index (χ2v) is 5.73. The third-order valence-electron chi connectivity index (χ3n) is 3.85. The lowest BCUT2D eigenvalue weighted by Crippen LogP contribution is -2.55. The van der Waals surface area contributed by atoms with Crippen molar-refractivity contribution >= 4 is 0 Å². The van der Waals surface area contributed by atoms with Crippen molar-refractivity contribution in [3.05, 3.63) is 0 Å². The number of nitrogens with two attached hydrogens (primary N) is 1. The predicted molar refractivity (Wildman–Crippen MR) is 53.9 cm³/mol. The summed E-state index contributed by atoms with van der Waals surface area (Å²) in [5.41, 5.74) is 6.81. The Morgan fingerprint density at radius 3 is 1.75 bits per heavy atom. The van der Waals surface area contributed by atoms with E-state index >= 15 is 0 Å². The molecule has 0 amide bonds. The lowest BCUT2D eigenvalue weighted by molar-refractivity contribution is -0.0624. The monoisotopic (exact) mass is 169 g/mol. The maximum Gasteiger partial charge on any atom is 0.00500 e. The number of rotatable bonds is 1. The van der Waals surface area contributed by atoms with Crippen LogP contribution in [0.3, 0.4) is 0 Å². The van der Waals surface area contributed by atoms with E-state index in [1.807, 2.05) is 0 Å². The van der Waals surface area contributed by atoms with Gasteiger partial charge in [-0.2, -0.15) is 0 Å². The molecule has 0 saturated heterocycles. The summed E-state index contributed by atoms with van der Waals surface area (Å²) in [7, 11) is 0. The smallest absolute Gasteiger partial charge is 0.00500 e. The molecule has 0 heterocycles. The van der Waals surface area contributed by atoms with Crippen LogP contribution in [0.2, 0.25) is 0 Å². The van der Waals surface area contributed by atoms with E-state index in [-0.39, 0.29) is 0 Å². The zero-order valence-electron chi connectivity index (χ0n) is 9.15. The normalized spacial score (nSPS) is 36.8. The minimum absolute atomic E-state index is 0.414. The van der Waals surface area contributed by atoms with Gasteiger partial charge in [-0.15, -0.1) is 0 Å². The summed E-state index contributed by atoms with van der Waals surface area (Å²) in [4.78, 5) is 0. The average molecular weight is 169 g/mol. The quantitative estimate of drug-likeness (QED) is 0.642. The molecular weight excluding hydrogens is 146 g/mol. The minimum Gasteiger partial charge on any atom is -0.328 e. The largest absolute Gasteiger partial charge is 0.328 e. The summed E-state index contributed by atoms with van der Waals surface area (Å²) in [5, 5.41) is 0. The van der Waals surface area contributed by atoms with Crippen molar-refractivity contribution in [2.45, 2.75) is 53.5 Å². The van der Waals surface area contributed by atoms with Crippen LogP contribution in [0.4, 0.5) is 0 Å². The Labute approximate surface area is 76.7 Å². The zero-order chi connectivity index (χ0) is 9.57. The van der Waals surface area contributed by atoms with Crippen molar-refractivity contribution < 1.29 is 0 Å². The molecule has 1 saturated carbocycles. The lowest BCUT2D eigenvalue weighted by Gasteiger charge is -2.58. The van der Waals surface area contributed by atoms with Crippen molar-refractivity contribution in [2.24, 2.45) is 22.5 Å². The van der Waals surface area contributed by atoms with Crippen molar-refractivity contribution in [3.63, 3.8) is 0 Å². The third kappa shape index (κ3) is 1.28. The van der Waals surface area contributed by atoms with Gasteiger partial charge in [0.25, 0.3) is 0 Å². The first-order valence-corrected chi connectivity index (χ1v) is 5.05. The van der Waals surface area contributed by atoms with Gasteiger partial charge in [-0.1, -0.05) is 34.6 Å². The first-order valence-electron chi connectivity index (χ1n) is 5.05. The summed E-state index contributed by atoms with van der Waals surface area (Å²) in [6, 6.07) is 0.464. The molecule has 1 rings (SSSR count). The highest BCUT2D eigenvalue weighted by molar-refractivity contribution is 5.04. The van der Waals surface area contributed by atoms with Crippen molar-refractivity contribution in [2.75, 3.05) is 0 Å². The van der Waals surface area contributed by atoms with Crippen LogP contribution in [0.1, 0.15) is 47.5 Å². The highest BCUT2D eigenvalue weighted by Gasteiger charge is 2.52. The molecule has 0 unspecified atom stereocenters. The standard InChI is InChI=1S/C11H23N/c1-8(2)11(10(3,4)5)6-9(12)7-11/h8-9H,6-7,12H2,1-5H3. The third-order valence-corrected chi connectivity index (χ3v) is 3.85. The number of hydrogen-bond donors (Lipinski definition) is 1. The van der Waals surface area contributed by atoms with Crippen LogP contribution in [-0.4, -0.2) is 6.04 Å². The fourth-order valence-electron chi connectivity index (χ4n) is 2.83. The Morgan fingerprint density at radius 1 is 1.25 bits per heavy atom. The van der Waals surface area contributed by atoms with Crippen molar-refractivity contribution in [1.82, 2.24) is 0 Å². The topological polar surface area (TPSA) is 26.0 Å². The van der Waals surface area contributed by atoms with Gasteiger partial charge in [-0.05, 0) is 29.6 Å². The maximum atomic E-state index is 5.89. The highest BCUT2D eigenvalue weighted by atomic mass is 14.7. The predicted octanol–water partition coefficient (Wildman–Crippen LogP) is 2.80. The van der Waals surface area contributed by atoms with E-state index in [2.05, 4.69) is 34.6 Å². The SMILES string of the molecule is CC(C)C1(C(C)(C)C)CC(N)C1. The van der Waals surface area contributed by atoms with E-state index in [4.69, 9.17) is 5.73 Å². The lowest BCUT2D eigenvalue weighted by atomic mass is 9.49. The van der Waals surface area contributed by atoms with Crippen LogP contribution in [0.5, 0.6) is 0 Å². The molecule has 12 heavy (non-hydrogen) atoms. The van der Waals surface area contributed by atoms with Gasteiger partial charge in [0, 0.05) is 6.04 Å². The van der Waals surface area contributed by atoms with E-state index in [9.17, 15) is 0 Å².